The zero-order valence-corrected chi connectivity index (χ0v) is 15.8. The van der Waals surface area contributed by atoms with Crippen molar-refractivity contribution >= 4 is 23.5 Å². The van der Waals surface area contributed by atoms with E-state index in [0.717, 1.165) is 18.0 Å². The number of rotatable bonds is 6. The van der Waals surface area contributed by atoms with E-state index in [1.165, 1.54) is 4.90 Å². The number of thioether (sulfide) groups is 1. The number of ether oxygens (including phenoxy) is 1. The van der Waals surface area contributed by atoms with Gasteiger partial charge in [-0.3, -0.25) is 0 Å². The first-order valence-electron chi connectivity index (χ1n) is 8.04. The van der Waals surface area contributed by atoms with E-state index >= 15 is 0 Å². The normalized spacial score (nSPS) is 11.2. The van der Waals surface area contributed by atoms with Crippen molar-refractivity contribution in [2.45, 2.75) is 24.5 Å². The second-order valence-corrected chi connectivity index (χ2v) is 6.75. The summed E-state index contributed by atoms with van der Waals surface area (Å²) in [4.78, 5) is 20.5. The summed E-state index contributed by atoms with van der Waals surface area (Å²) in [6.07, 6.45) is -2.95. The number of carbonyl (C=O) groups excluding carboxylic acids is 1. The molecular formula is C17H19F3N4O2S. The standard InChI is InChI=1S/C17H19F3N4O2S/c1-4-8-27-15-14(17(18,19)20)21-10-13(23-15)26-12-7-5-6-11(9-12)22-16(25)24(2)3/h5-7,9-10H,4,8H2,1-3H3,(H,22,25). The Balaban J connectivity index is 2.23. The Labute approximate surface area is 159 Å². The largest absolute Gasteiger partial charge is 0.437 e. The van der Waals surface area contributed by atoms with Crippen molar-refractivity contribution in [3.05, 3.63) is 36.2 Å². The second-order valence-electron chi connectivity index (χ2n) is 5.66. The third kappa shape index (κ3) is 6.02. The highest BCUT2D eigenvalue weighted by atomic mass is 32.2. The fraction of sp³-hybridized carbons (Fsp3) is 0.353. The van der Waals surface area contributed by atoms with Crippen molar-refractivity contribution in [1.29, 1.82) is 0 Å². The molecular weight excluding hydrogens is 381 g/mol. The third-order valence-electron chi connectivity index (χ3n) is 3.14. The summed E-state index contributed by atoms with van der Waals surface area (Å²) in [5.74, 6) is 0.734. The summed E-state index contributed by atoms with van der Waals surface area (Å²) in [7, 11) is 3.20. The number of carbonyl (C=O) groups is 1. The summed E-state index contributed by atoms with van der Waals surface area (Å²) in [6, 6.07) is 6.13. The minimum Gasteiger partial charge on any atom is -0.437 e. The molecule has 2 aromatic rings. The average molecular weight is 400 g/mol. The summed E-state index contributed by atoms with van der Waals surface area (Å²) >= 11 is 0.977. The summed E-state index contributed by atoms with van der Waals surface area (Å²) in [5.41, 5.74) is -0.549. The molecule has 0 saturated carbocycles. The first-order chi connectivity index (χ1) is 12.7. The lowest BCUT2D eigenvalue weighted by atomic mass is 10.3. The summed E-state index contributed by atoms with van der Waals surface area (Å²) in [6.45, 7) is 1.86. The highest BCUT2D eigenvalue weighted by molar-refractivity contribution is 7.99. The highest BCUT2D eigenvalue weighted by Gasteiger charge is 2.36. The van der Waals surface area contributed by atoms with Crippen LogP contribution in [0, 0.1) is 0 Å². The summed E-state index contributed by atoms with van der Waals surface area (Å²) < 4.78 is 44.7. The van der Waals surface area contributed by atoms with Crippen molar-refractivity contribution in [3.8, 4) is 11.6 Å². The molecule has 2 amide bonds. The van der Waals surface area contributed by atoms with Crippen molar-refractivity contribution in [1.82, 2.24) is 14.9 Å². The fourth-order valence-electron chi connectivity index (χ4n) is 1.89. The van der Waals surface area contributed by atoms with E-state index in [9.17, 15) is 18.0 Å². The molecule has 1 N–H and O–H groups in total. The molecule has 0 fully saturated rings. The van der Waals surface area contributed by atoms with E-state index in [2.05, 4.69) is 15.3 Å². The van der Waals surface area contributed by atoms with Crippen molar-refractivity contribution < 1.29 is 22.7 Å². The molecule has 0 atom stereocenters. The Morgan fingerprint density at radius 3 is 2.70 bits per heavy atom. The lowest BCUT2D eigenvalue weighted by Gasteiger charge is -2.14. The van der Waals surface area contributed by atoms with Crippen LogP contribution in [0.2, 0.25) is 0 Å². The van der Waals surface area contributed by atoms with Gasteiger partial charge in [-0.25, -0.2) is 14.8 Å². The first-order valence-corrected chi connectivity index (χ1v) is 9.02. The lowest BCUT2D eigenvalue weighted by Crippen LogP contribution is -2.27. The van der Waals surface area contributed by atoms with Crippen LogP contribution in [-0.2, 0) is 6.18 Å². The maximum absolute atomic E-state index is 13.1. The number of benzene rings is 1. The quantitative estimate of drug-likeness (QED) is 0.700. The zero-order valence-electron chi connectivity index (χ0n) is 15.0. The van der Waals surface area contributed by atoms with Crippen LogP contribution in [0.5, 0.6) is 11.6 Å². The Kier molecular flexibility index (Phi) is 6.89. The lowest BCUT2D eigenvalue weighted by molar-refractivity contribution is -0.144. The first kappa shape index (κ1) is 20.8. The van der Waals surface area contributed by atoms with Gasteiger partial charge in [-0.05, 0) is 24.3 Å². The third-order valence-corrected chi connectivity index (χ3v) is 4.31. The molecule has 0 aliphatic heterocycles. The molecule has 0 spiro atoms. The number of nitrogens with zero attached hydrogens (tertiary/aromatic N) is 3. The molecule has 0 bridgehead atoms. The molecule has 0 saturated heterocycles. The van der Waals surface area contributed by atoms with E-state index in [0.29, 0.717) is 23.6 Å². The number of aromatic nitrogens is 2. The summed E-state index contributed by atoms with van der Waals surface area (Å²) in [5, 5.41) is 2.43. The number of urea groups is 1. The van der Waals surface area contributed by atoms with Gasteiger partial charge < -0.3 is 15.0 Å². The van der Waals surface area contributed by atoms with Gasteiger partial charge in [-0.15, -0.1) is 11.8 Å². The molecule has 0 unspecified atom stereocenters. The second kappa shape index (κ2) is 8.94. The monoisotopic (exact) mass is 400 g/mol. The molecule has 1 aromatic heterocycles. The molecule has 0 aliphatic rings. The van der Waals surface area contributed by atoms with Crippen LogP contribution in [-0.4, -0.2) is 40.7 Å². The molecule has 2 rings (SSSR count). The van der Waals surface area contributed by atoms with Crippen LogP contribution in [0.3, 0.4) is 0 Å². The average Bonchev–Trinajstić information content (AvgIpc) is 2.59. The molecule has 0 radical (unpaired) electrons. The van der Waals surface area contributed by atoms with Crippen LogP contribution in [0.4, 0.5) is 23.7 Å². The minimum atomic E-state index is -4.59. The molecule has 1 heterocycles. The Bertz CT molecular complexity index is 800. The van der Waals surface area contributed by atoms with Gasteiger partial charge >= 0.3 is 12.2 Å². The van der Waals surface area contributed by atoms with E-state index < -0.39 is 11.9 Å². The van der Waals surface area contributed by atoms with Crippen molar-refractivity contribution in [3.63, 3.8) is 0 Å². The minimum absolute atomic E-state index is 0.0577. The Morgan fingerprint density at radius 2 is 2.07 bits per heavy atom. The smallest absolute Gasteiger partial charge is 0.436 e. The van der Waals surface area contributed by atoms with Crippen LogP contribution < -0.4 is 10.1 Å². The van der Waals surface area contributed by atoms with Gasteiger partial charge in [0.25, 0.3) is 0 Å². The van der Waals surface area contributed by atoms with Crippen LogP contribution in [0.1, 0.15) is 19.0 Å². The van der Waals surface area contributed by atoms with Gasteiger partial charge in [0.1, 0.15) is 10.8 Å². The molecule has 10 heteroatoms. The number of hydrogen-bond donors (Lipinski definition) is 1. The van der Waals surface area contributed by atoms with E-state index in [4.69, 9.17) is 4.74 Å². The molecule has 27 heavy (non-hydrogen) atoms. The maximum atomic E-state index is 13.1. The Hall–Kier alpha value is -2.49. The SMILES string of the molecule is CCCSc1nc(Oc2cccc(NC(=O)N(C)C)c2)cnc1C(F)(F)F. The van der Waals surface area contributed by atoms with E-state index in [-0.39, 0.29) is 16.9 Å². The number of anilines is 1. The number of hydrogen-bond acceptors (Lipinski definition) is 5. The maximum Gasteiger partial charge on any atom is 0.436 e. The molecule has 6 nitrogen and oxygen atoms in total. The predicted octanol–water partition coefficient (Wildman–Crippen LogP) is 4.88. The van der Waals surface area contributed by atoms with Gasteiger partial charge in [-0.2, -0.15) is 13.2 Å². The zero-order chi connectivity index (χ0) is 20.0. The number of halogens is 3. The molecule has 1 aromatic carbocycles. The topological polar surface area (TPSA) is 67.3 Å². The van der Waals surface area contributed by atoms with E-state index in [1.807, 2.05) is 6.92 Å². The van der Waals surface area contributed by atoms with Gasteiger partial charge in [0, 0.05) is 25.8 Å². The van der Waals surface area contributed by atoms with Gasteiger partial charge in [-0.1, -0.05) is 13.0 Å². The number of nitrogens with one attached hydrogen (secondary N) is 1. The Morgan fingerprint density at radius 1 is 1.33 bits per heavy atom. The number of amides is 2. The van der Waals surface area contributed by atoms with Crippen LogP contribution in [0.25, 0.3) is 0 Å². The van der Waals surface area contributed by atoms with Crippen molar-refractivity contribution in [2.75, 3.05) is 25.2 Å². The molecule has 146 valence electrons. The van der Waals surface area contributed by atoms with Crippen molar-refractivity contribution in [2.24, 2.45) is 0 Å². The fourth-order valence-corrected chi connectivity index (χ4v) is 2.75. The van der Waals surface area contributed by atoms with Crippen LogP contribution >= 0.6 is 11.8 Å². The van der Waals surface area contributed by atoms with Crippen LogP contribution in [0.15, 0.2) is 35.5 Å². The van der Waals surface area contributed by atoms with Gasteiger partial charge in [0.05, 0.1) is 6.20 Å². The van der Waals surface area contributed by atoms with Gasteiger partial charge in [0.2, 0.25) is 5.88 Å². The predicted molar refractivity (Wildman–Crippen MR) is 97.3 cm³/mol. The molecule has 0 aliphatic carbocycles. The highest BCUT2D eigenvalue weighted by Crippen LogP contribution is 2.35. The van der Waals surface area contributed by atoms with E-state index in [1.54, 1.807) is 38.4 Å². The van der Waals surface area contributed by atoms with Gasteiger partial charge in [0.15, 0.2) is 5.69 Å². The number of alkyl halides is 3.